The zero-order valence-corrected chi connectivity index (χ0v) is 7.82. The molecular formula is C12H15N. The Hall–Kier alpha value is -0.850. The molecule has 1 aromatic rings. The van der Waals surface area contributed by atoms with Gasteiger partial charge in [0.15, 0.2) is 0 Å². The fourth-order valence-electron chi connectivity index (χ4n) is 3.20. The fourth-order valence-corrected chi connectivity index (χ4v) is 3.20. The lowest BCUT2D eigenvalue weighted by Gasteiger charge is -2.20. The van der Waals surface area contributed by atoms with E-state index in [0.717, 1.165) is 17.8 Å². The molecule has 0 aromatic carbocycles. The highest BCUT2D eigenvalue weighted by Gasteiger charge is 2.40. The van der Waals surface area contributed by atoms with E-state index in [1.165, 1.54) is 31.4 Å². The molecule has 13 heavy (non-hydrogen) atoms. The Morgan fingerprint density at radius 3 is 2.77 bits per heavy atom. The third kappa shape index (κ3) is 1.18. The molecule has 1 heterocycles. The molecule has 2 aliphatic rings. The average molecular weight is 173 g/mol. The summed E-state index contributed by atoms with van der Waals surface area (Å²) in [6, 6.07) is 6.33. The topological polar surface area (TPSA) is 12.9 Å². The third-order valence-electron chi connectivity index (χ3n) is 3.81. The Bertz CT molecular complexity index is 293. The highest BCUT2D eigenvalue weighted by atomic mass is 14.7. The van der Waals surface area contributed by atoms with Gasteiger partial charge in [-0.05, 0) is 43.2 Å². The Labute approximate surface area is 79.2 Å². The molecule has 0 saturated heterocycles. The van der Waals surface area contributed by atoms with Crippen LogP contribution in [0.1, 0.15) is 37.3 Å². The molecule has 0 N–H and O–H groups in total. The normalized spacial score (nSPS) is 36.8. The smallest absolute Gasteiger partial charge is 0.0437 e. The fraction of sp³-hybridized carbons (Fsp3) is 0.583. The standard InChI is InChI=1S/C12H15N/c1-2-6-13-12(3-1)11-8-9-4-5-10(11)7-9/h1-3,6,9-11H,4-5,7-8H2. The molecule has 0 radical (unpaired) electrons. The van der Waals surface area contributed by atoms with E-state index in [4.69, 9.17) is 0 Å². The second-order valence-corrected chi connectivity index (χ2v) is 4.54. The summed E-state index contributed by atoms with van der Waals surface area (Å²) < 4.78 is 0. The van der Waals surface area contributed by atoms with Crippen LogP contribution in [0.25, 0.3) is 0 Å². The first kappa shape index (κ1) is 7.54. The molecule has 1 heteroatoms. The SMILES string of the molecule is c1ccc(C2CC3CCC2C3)nc1. The molecule has 1 nitrogen and oxygen atoms in total. The Kier molecular flexibility index (Phi) is 1.64. The zero-order chi connectivity index (χ0) is 8.67. The molecule has 68 valence electrons. The van der Waals surface area contributed by atoms with Crippen molar-refractivity contribution in [1.82, 2.24) is 4.98 Å². The van der Waals surface area contributed by atoms with Crippen molar-refractivity contribution in [2.24, 2.45) is 11.8 Å². The molecule has 2 fully saturated rings. The van der Waals surface area contributed by atoms with Crippen LogP contribution < -0.4 is 0 Å². The molecule has 2 aliphatic carbocycles. The summed E-state index contributed by atoms with van der Waals surface area (Å²) in [6.07, 6.45) is 7.74. The van der Waals surface area contributed by atoms with Crippen molar-refractivity contribution in [3.05, 3.63) is 30.1 Å². The van der Waals surface area contributed by atoms with Gasteiger partial charge in [0, 0.05) is 17.8 Å². The largest absolute Gasteiger partial charge is 0.261 e. The minimum absolute atomic E-state index is 0.792. The van der Waals surface area contributed by atoms with E-state index in [2.05, 4.69) is 17.1 Å². The van der Waals surface area contributed by atoms with Crippen LogP contribution in [0.4, 0.5) is 0 Å². The zero-order valence-electron chi connectivity index (χ0n) is 7.82. The van der Waals surface area contributed by atoms with Crippen molar-refractivity contribution in [3.8, 4) is 0 Å². The van der Waals surface area contributed by atoms with E-state index >= 15 is 0 Å². The van der Waals surface area contributed by atoms with Crippen molar-refractivity contribution in [2.75, 3.05) is 0 Å². The van der Waals surface area contributed by atoms with Gasteiger partial charge in [0.1, 0.15) is 0 Å². The number of nitrogens with zero attached hydrogens (tertiary/aromatic N) is 1. The van der Waals surface area contributed by atoms with Gasteiger partial charge in [0.25, 0.3) is 0 Å². The van der Waals surface area contributed by atoms with Crippen LogP contribution in [-0.4, -0.2) is 4.98 Å². The summed E-state index contributed by atoms with van der Waals surface area (Å²) in [5.41, 5.74) is 1.34. The van der Waals surface area contributed by atoms with E-state index in [1.54, 1.807) is 0 Å². The molecule has 2 saturated carbocycles. The van der Waals surface area contributed by atoms with Gasteiger partial charge >= 0.3 is 0 Å². The summed E-state index contributed by atoms with van der Waals surface area (Å²) >= 11 is 0. The molecular weight excluding hydrogens is 158 g/mol. The molecule has 1 aromatic heterocycles. The van der Waals surface area contributed by atoms with Crippen molar-refractivity contribution in [1.29, 1.82) is 0 Å². The van der Waals surface area contributed by atoms with Gasteiger partial charge in [-0.1, -0.05) is 12.5 Å². The highest BCUT2D eigenvalue weighted by molar-refractivity contribution is 5.14. The van der Waals surface area contributed by atoms with Crippen LogP contribution >= 0.6 is 0 Å². The maximum atomic E-state index is 4.48. The number of hydrogen-bond acceptors (Lipinski definition) is 1. The van der Waals surface area contributed by atoms with Gasteiger partial charge in [-0.25, -0.2) is 0 Å². The minimum Gasteiger partial charge on any atom is -0.261 e. The highest BCUT2D eigenvalue weighted by Crippen LogP contribution is 2.52. The van der Waals surface area contributed by atoms with Crippen LogP contribution in [0.15, 0.2) is 24.4 Å². The predicted molar refractivity (Wildman–Crippen MR) is 52.4 cm³/mol. The monoisotopic (exact) mass is 173 g/mol. The summed E-state index contributed by atoms with van der Waals surface area (Å²) in [7, 11) is 0. The first-order valence-corrected chi connectivity index (χ1v) is 5.34. The van der Waals surface area contributed by atoms with Crippen LogP contribution in [0.2, 0.25) is 0 Å². The Morgan fingerprint density at radius 1 is 1.15 bits per heavy atom. The van der Waals surface area contributed by atoms with Crippen molar-refractivity contribution in [2.45, 2.75) is 31.6 Å². The van der Waals surface area contributed by atoms with Crippen LogP contribution in [0.3, 0.4) is 0 Å². The molecule has 0 amide bonds. The number of fused-ring (bicyclic) bond motifs is 2. The van der Waals surface area contributed by atoms with E-state index in [-0.39, 0.29) is 0 Å². The molecule has 2 bridgehead atoms. The molecule has 0 aliphatic heterocycles. The Morgan fingerprint density at radius 2 is 2.15 bits per heavy atom. The number of aromatic nitrogens is 1. The first-order valence-electron chi connectivity index (χ1n) is 5.34. The van der Waals surface area contributed by atoms with E-state index in [0.29, 0.717) is 0 Å². The molecule has 3 rings (SSSR count). The maximum Gasteiger partial charge on any atom is 0.0437 e. The van der Waals surface area contributed by atoms with Crippen molar-refractivity contribution in [3.63, 3.8) is 0 Å². The summed E-state index contributed by atoms with van der Waals surface area (Å²) in [6.45, 7) is 0. The van der Waals surface area contributed by atoms with E-state index < -0.39 is 0 Å². The Balaban J connectivity index is 1.87. The lowest BCUT2D eigenvalue weighted by atomic mass is 9.86. The van der Waals surface area contributed by atoms with Gasteiger partial charge in [-0.15, -0.1) is 0 Å². The van der Waals surface area contributed by atoms with Crippen LogP contribution in [0.5, 0.6) is 0 Å². The van der Waals surface area contributed by atoms with Gasteiger partial charge in [-0.2, -0.15) is 0 Å². The summed E-state index contributed by atoms with van der Waals surface area (Å²) in [5.74, 6) is 2.77. The summed E-state index contributed by atoms with van der Waals surface area (Å²) in [5, 5.41) is 0. The molecule has 3 unspecified atom stereocenters. The number of pyridine rings is 1. The van der Waals surface area contributed by atoms with Crippen LogP contribution in [0, 0.1) is 11.8 Å². The summed E-state index contributed by atoms with van der Waals surface area (Å²) in [4.78, 5) is 4.48. The van der Waals surface area contributed by atoms with E-state index in [9.17, 15) is 0 Å². The average Bonchev–Trinajstić information content (AvgIpc) is 2.80. The van der Waals surface area contributed by atoms with Crippen molar-refractivity contribution < 1.29 is 0 Å². The quantitative estimate of drug-likeness (QED) is 0.636. The molecule has 0 spiro atoms. The van der Waals surface area contributed by atoms with Crippen molar-refractivity contribution >= 4 is 0 Å². The molecule has 3 atom stereocenters. The minimum atomic E-state index is 0.792. The number of hydrogen-bond donors (Lipinski definition) is 0. The second kappa shape index (κ2) is 2.83. The van der Waals surface area contributed by atoms with Gasteiger partial charge < -0.3 is 0 Å². The second-order valence-electron chi connectivity index (χ2n) is 4.54. The lowest BCUT2D eigenvalue weighted by molar-refractivity contribution is 0.413. The third-order valence-corrected chi connectivity index (χ3v) is 3.81. The number of rotatable bonds is 1. The van der Waals surface area contributed by atoms with E-state index in [1.807, 2.05) is 12.3 Å². The van der Waals surface area contributed by atoms with Gasteiger partial charge in [0.05, 0.1) is 0 Å². The van der Waals surface area contributed by atoms with Crippen LogP contribution in [-0.2, 0) is 0 Å². The van der Waals surface area contributed by atoms with Gasteiger partial charge in [0.2, 0.25) is 0 Å². The maximum absolute atomic E-state index is 4.48. The lowest BCUT2D eigenvalue weighted by Crippen LogP contribution is -2.09. The first-order chi connectivity index (χ1) is 6.43. The van der Waals surface area contributed by atoms with Gasteiger partial charge in [-0.3, -0.25) is 4.98 Å². The predicted octanol–water partition coefficient (Wildman–Crippen LogP) is 2.99.